The fourth-order valence-electron chi connectivity index (χ4n) is 5.38. The van der Waals surface area contributed by atoms with E-state index in [0.29, 0.717) is 54.3 Å². The van der Waals surface area contributed by atoms with Crippen molar-refractivity contribution in [2.75, 3.05) is 46.2 Å². The molecule has 2 amide bonds. The largest absolute Gasteiger partial charge is 0.492 e. The van der Waals surface area contributed by atoms with Crippen LogP contribution in [0.25, 0.3) is 11.3 Å². The fourth-order valence-corrected chi connectivity index (χ4v) is 5.38. The molecule has 2 aliphatic heterocycles. The van der Waals surface area contributed by atoms with Crippen LogP contribution in [-0.2, 0) is 11.2 Å². The van der Waals surface area contributed by atoms with Gasteiger partial charge in [-0.1, -0.05) is 37.8 Å². The molecule has 42 heavy (non-hydrogen) atoms. The number of carbonyl (C=O) groups is 2. The first-order valence-electron chi connectivity index (χ1n) is 13.8. The van der Waals surface area contributed by atoms with Gasteiger partial charge in [-0.05, 0) is 32.3 Å². The highest BCUT2D eigenvalue weighted by Crippen LogP contribution is 2.41. The monoisotopic (exact) mass is 570 g/mol. The minimum Gasteiger partial charge on any atom is -0.492 e. The van der Waals surface area contributed by atoms with E-state index in [2.05, 4.69) is 46.3 Å². The quantitative estimate of drug-likeness (QED) is 0.294. The van der Waals surface area contributed by atoms with Crippen molar-refractivity contribution in [1.29, 1.82) is 0 Å². The molecule has 1 atom stereocenters. The standard InChI is InChI=1S/C32H35FN6O3/c1-32(2)19-39(26(40)10-7-17-38(3)4)25(32)12-11-20-18-34-15-13-21(20)28-29(27-23(36-28)14-16-35-31(27)41)37-24-9-6-8-22(33)30(24)42-5/h6-10,13,15,18,25,36-37H,14,16-17,19H2,1-5H3,(H,35,41)/b10-7+/t25-/m0/s1. The summed E-state index contributed by atoms with van der Waals surface area (Å²) in [5.41, 5.74) is 3.90. The van der Waals surface area contributed by atoms with Crippen LogP contribution in [0.15, 0.2) is 48.8 Å². The average Bonchev–Trinajstić information content (AvgIpc) is 3.31. The van der Waals surface area contributed by atoms with Crippen LogP contribution >= 0.6 is 0 Å². The lowest BCUT2D eigenvalue weighted by atomic mass is 9.75. The Morgan fingerprint density at radius 2 is 2.14 bits per heavy atom. The Labute approximate surface area is 245 Å². The zero-order valence-corrected chi connectivity index (χ0v) is 24.5. The minimum atomic E-state index is -0.521. The molecule has 3 N–H and O–H groups in total. The molecule has 2 aromatic heterocycles. The Hall–Kier alpha value is -4.62. The minimum absolute atomic E-state index is 0.0426. The summed E-state index contributed by atoms with van der Waals surface area (Å²) in [5.74, 6) is 5.81. The van der Waals surface area contributed by atoms with E-state index >= 15 is 0 Å². The molecule has 4 heterocycles. The second-order valence-electron chi connectivity index (χ2n) is 11.4. The normalized spacial score (nSPS) is 17.3. The maximum absolute atomic E-state index is 14.5. The molecule has 1 saturated heterocycles. The predicted molar refractivity (Wildman–Crippen MR) is 160 cm³/mol. The van der Waals surface area contributed by atoms with Crippen molar-refractivity contribution in [2.45, 2.75) is 26.3 Å². The fraction of sp³-hybridized carbons (Fsp3) is 0.344. The molecular weight excluding hydrogens is 535 g/mol. The van der Waals surface area contributed by atoms with Gasteiger partial charge in [-0.3, -0.25) is 14.6 Å². The molecule has 0 radical (unpaired) electrons. The van der Waals surface area contributed by atoms with Crippen LogP contribution in [0.5, 0.6) is 5.75 Å². The number of fused-ring (bicyclic) bond motifs is 1. The summed E-state index contributed by atoms with van der Waals surface area (Å²) in [5, 5.41) is 6.15. The summed E-state index contributed by atoms with van der Waals surface area (Å²) >= 11 is 0. The van der Waals surface area contributed by atoms with Crippen molar-refractivity contribution in [3.05, 3.63) is 71.4 Å². The van der Waals surface area contributed by atoms with Gasteiger partial charge in [0.2, 0.25) is 5.91 Å². The lowest BCUT2D eigenvalue weighted by molar-refractivity contribution is -0.140. The third kappa shape index (κ3) is 5.60. The van der Waals surface area contributed by atoms with E-state index < -0.39 is 5.82 Å². The number of carbonyl (C=O) groups excluding carboxylic acids is 2. The molecule has 0 unspecified atom stereocenters. The average molecular weight is 571 g/mol. The Bertz CT molecular complexity index is 1610. The van der Waals surface area contributed by atoms with Crippen molar-refractivity contribution in [1.82, 2.24) is 25.1 Å². The van der Waals surface area contributed by atoms with Gasteiger partial charge in [-0.25, -0.2) is 4.39 Å². The number of nitrogens with one attached hydrogen (secondary N) is 3. The first-order valence-corrected chi connectivity index (χ1v) is 13.8. The van der Waals surface area contributed by atoms with Gasteiger partial charge in [-0.15, -0.1) is 0 Å². The molecule has 0 saturated carbocycles. The number of ether oxygens (including phenoxy) is 1. The number of amides is 2. The van der Waals surface area contributed by atoms with Crippen molar-refractivity contribution in [3.63, 3.8) is 0 Å². The van der Waals surface area contributed by atoms with Gasteiger partial charge in [0.15, 0.2) is 11.6 Å². The highest BCUT2D eigenvalue weighted by atomic mass is 19.1. The van der Waals surface area contributed by atoms with E-state index in [1.165, 1.54) is 13.2 Å². The van der Waals surface area contributed by atoms with Crippen LogP contribution in [0, 0.1) is 23.1 Å². The highest BCUT2D eigenvalue weighted by molar-refractivity contribution is 6.06. The molecule has 5 rings (SSSR count). The number of rotatable bonds is 7. The van der Waals surface area contributed by atoms with Crippen molar-refractivity contribution < 1.29 is 18.7 Å². The predicted octanol–water partition coefficient (Wildman–Crippen LogP) is 3.96. The summed E-state index contributed by atoms with van der Waals surface area (Å²) in [6.07, 6.45) is 7.39. The number of hydrogen-bond acceptors (Lipinski definition) is 6. The zero-order valence-electron chi connectivity index (χ0n) is 24.5. The zero-order chi connectivity index (χ0) is 30.0. The number of likely N-dealkylation sites (N-methyl/N-ethyl adjacent to an activating group) is 1. The summed E-state index contributed by atoms with van der Waals surface area (Å²) < 4.78 is 19.9. The second kappa shape index (κ2) is 11.7. The van der Waals surface area contributed by atoms with Gasteiger partial charge in [0.25, 0.3) is 5.91 Å². The second-order valence-corrected chi connectivity index (χ2v) is 11.4. The number of benzene rings is 1. The van der Waals surface area contributed by atoms with Crippen LogP contribution in [0.1, 0.15) is 35.5 Å². The van der Waals surface area contributed by atoms with E-state index in [-0.39, 0.29) is 29.0 Å². The molecule has 1 fully saturated rings. The SMILES string of the molecule is COc1c(F)cccc1Nc1c(-c2ccncc2C#C[C@@H]2N(C(=O)/C=C/CN(C)C)CC2(C)C)[nH]c2c1C(=O)NCC2. The number of halogens is 1. The van der Waals surface area contributed by atoms with Crippen LogP contribution in [0.3, 0.4) is 0 Å². The van der Waals surface area contributed by atoms with Crippen LogP contribution < -0.4 is 15.4 Å². The van der Waals surface area contributed by atoms with Gasteiger partial charge < -0.3 is 30.2 Å². The number of H-pyrrole nitrogens is 1. The van der Waals surface area contributed by atoms with E-state index in [4.69, 9.17) is 4.74 Å². The summed E-state index contributed by atoms with van der Waals surface area (Å²) in [4.78, 5) is 37.4. The van der Waals surface area contributed by atoms with Crippen LogP contribution in [0.2, 0.25) is 0 Å². The lowest BCUT2D eigenvalue weighted by Crippen LogP contribution is -2.62. The number of anilines is 2. The number of pyridine rings is 1. The van der Waals surface area contributed by atoms with Gasteiger partial charge in [0.05, 0.1) is 35.3 Å². The summed E-state index contributed by atoms with van der Waals surface area (Å²) in [6.45, 7) is 5.97. The number of nitrogens with zero attached hydrogens (tertiary/aromatic N) is 3. The number of aromatic amines is 1. The Kier molecular flexibility index (Phi) is 8.05. The van der Waals surface area contributed by atoms with E-state index in [1.54, 1.807) is 35.5 Å². The van der Waals surface area contributed by atoms with Gasteiger partial charge in [0.1, 0.15) is 6.04 Å². The molecule has 218 valence electrons. The first-order chi connectivity index (χ1) is 20.1. The van der Waals surface area contributed by atoms with Crippen LogP contribution in [-0.4, -0.2) is 78.5 Å². The molecule has 0 bridgehead atoms. The van der Waals surface area contributed by atoms with Crippen molar-refractivity contribution in [3.8, 4) is 28.8 Å². The van der Waals surface area contributed by atoms with Crippen molar-refractivity contribution >= 4 is 23.2 Å². The van der Waals surface area contributed by atoms with Gasteiger partial charge in [-0.2, -0.15) is 0 Å². The number of likely N-dealkylation sites (tertiary alicyclic amines) is 1. The first kappa shape index (κ1) is 28.9. The number of hydrogen-bond donors (Lipinski definition) is 3. The maximum atomic E-state index is 14.5. The molecular formula is C32H35FN6O3. The molecule has 3 aromatic rings. The lowest BCUT2D eigenvalue weighted by Gasteiger charge is -2.51. The Morgan fingerprint density at radius 3 is 2.88 bits per heavy atom. The smallest absolute Gasteiger partial charge is 0.255 e. The highest BCUT2D eigenvalue weighted by Gasteiger charge is 2.46. The van der Waals surface area contributed by atoms with Crippen molar-refractivity contribution in [2.24, 2.45) is 5.41 Å². The van der Waals surface area contributed by atoms with E-state index in [1.807, 2.05) is 31.1 Å². The molecule has 1 aromatic carbocycles. The third-order valence-electron chi connectivity index (χ3n) is 7.47. The Balaban J connectivity index is 1.54. The molecule has 9 nitrogen and oxygen atoms in total. The molecule has 2 aliphatic rings. The van der Waals surface area contributed by atoms with Crippen LogP contribution in [0.4, 0.5) is 15.8 Å². The van der Waals surface area contributed by atoms with Gasteiger partial charge in [0, 0.05) is 61.2 Å². The molecule has 0 spiro atoms. The topological polar surface area (TPSA) is 103 Å². The molecule has 0 aliphatic carbocycles. The number of para-hydroxylation sites is 1. The third-order valence-corrected chi connectivity index (χ3v) is 7.47. The van der Waals surface area contributed by atoms with E-state index in [9.17, 15) is 14.0 Å². The number of methoxy groups -OCH3 is 1. The number of aromatic nitrogens is 2. The molecule has 10 heteroatoms. The Morgan fingerprint density at radius 1 is 1.33 bits per heavy atom. The van der Waals surface area contributed by atoms with Gasteiger partial charge >= 0.3 is 0 Å². The summed E-state index contributed by atoms with van der Waals surface area (Å²) in [7, 11) is 5.29. The maximum Gasteiger partial charge on any atom is 0.255 e. The van der Waals surface area contributed by atoms with E-state index in [0.717, 1.165) is 11.3 Å². The summed E-state index contributed by atoms with van der Waals surface area (Å²) in [6, 6.07) is 6.13.